The van der Waals surface area contributed by atoms with E-state index in [-0.39, 0.29) is 12.7 Å². The largest absolute Gasteiger partial charge is 0.482 e. The minimum atomic E-state index is -0.479. The lowest BCUT2D eigenvalue weighted by atomic mass is 10.1. The Morgan fingerprint density at radius 3 is 2.70 bits per heavy atom. The highest BCUT2D eigenvalue weighted by molar-refractivity contribution is 7.13. The fourth-order valence-corrected chi connectivity index (χ4v) is 3.74. The van der Waals surface area contributed by atoms with E-state index in [1.807, 2.05) is 35.7 Å². The predicted octanol–water partition coefficient (Wildman–Crippen LogP) is 4.91. The Hall–Kier alpha value is -3.45. The van der Waals surface area contributed by atoms with Crippen LogP contribution in [0.25, 0.3) is 32.8 Å². The van der Waals surface area contributed by atoms with Crippen LogP contribution in [0.2, 0.25) is 0 Å². The summed E-state index contributed by atoms with van der Waals surface area (Å²) in [5.41, 5.74) is 2.10. The molecule has 0 radical (unpaired) electrons. The molecular weight excluding hydrogens is 402 g/mol. The molecule has 0 unspecified atom stereocenters. The van der Waals surface area contributed by atoms with Crippen LogP contribution in [-0.4, -0.2) is 23.7 Å². The number of rotatable bonds is 6. The Bertz CT molecular complexity index is 1240. The smallest absolute Gasteiger partial charge is 0.346 e. The minimum absolute atomic E-state index is 0.206. The molecule has 30 heavy (non-hydrogen) atoms. The van der Waals surface area contributed by atoms with Gasteiger partial charge >= 0.3 is 11.6 Å². The summed E-state index contributed by atoms with van der Waals surface area (Å²) in [6.45, 7) is 3.32. The highest BCUT2D eigenvalue weighted by atomic mass is 32.1. The van der Waals surface area contributed by atoms with Gasteiger partial charge in [-0.15, -0.1) is 11.3 Å². The molecule has 152 valence electrons. The Kier molecular flexibility index (Phi) is 5.63. The van der Waals surface area contributed by atoms with Gasteiger partial charge < -0.3 is 13.9 Å². The van der Waals surface area contributed by atoms with Gasteiger partial charge in [-0.05, 0) is 32.0 Å². The molecule has 0 bridgehead atoms. The molecule has 0 atom stereocenters. The summed E-state index contributed by atoms with van der Waals surface area (Å²) in [7, 11) is 0. The summed E-state index contributed by atoms with van der Waals surface area (Å²) in [5, 5.41) is 3.25. The first-order chi connectivity index (χ1) is 14.5. The van der Waals surface area contributed by atoms with Crippen LogP contribution >= 0.6 is 11.3 Å². The van der Waals surface area contributed by atoms with Crippen molar-refractivity contribution < 1.29 is 18.7 Å². The van der Waals surface area contributed by atoms with Crippen LogP contribution in [0, 0.1) is 0 Å². The molecule has 0 spiro atoms. The van der Waals surface area contributed by atoms with Crippen LogP contribution in [0.4, 0.5) is 0 Å². The first kappa shape index (κ1) is 19.8. The predicted molar refractivity (Wildman–Crippen MR) is 116 cm³/mol. The van der Waals surface area contributed by atoms with Gasteiger partial charge in [0, 0.05) is 22.4 Å². The standard InChI is InChI=1S/C23H19NO5S/c1-14(2)28-21(25)12-27-17-9-8-16-10-18(23(26)29-20(16)11-17)22-24-19(13-30-22)15-6-4-3-5-7-15/h3-11,13-14H,12H2,1-2H3. The van der Waals surface area contributed by atoms with Gasteiger partial charge in [0.05, 0.1) is 17.4 Å². The molecule has 0 amide bonds. The maximum absolute atomic E-state index is 12.6. The molecule has 7 heteroatoms. The molecule has 0 aliphatic heterocycles. The van der Waals surface area contributed by atoms with Gasteiger partial charge in [0.25, 0.3) is 0 Å². The van der Waals surface area contributed by atoms with Gasteiger partial charge in [-0.2, -0.15) is 0 Å². The van der Waals surface area contributed by atoms with Crippen molar-refractivity contribution in [1.82, 2.24) is 4.98 Å². The number of nitrogens with zero attached hydrogens (tertiary/aromatic N) is 1. The molecule has 0 fully saturated rings. The lowest BCUT2D eigenvalue weighted by molar-refractivity contribution is -0.149. The van der Waals surface area contributed by atoms with Crippen molar-refractivity contribution in [2.45, 2.75) is 20.0 Å². The lowest BCUT2D eigenvalue weighted by Gasteiger charge is -2.09. The maximum Gasteiger partial charge on any atom is 0.346 e. The summed E-state index contributed by atoms with van der Waals surface area (Å²) < 4.78 is 16.0. The number of hydrogen-bond acceptors (Lipinski definition) is 7. The second-order valence-corrected chi connectivity index (χ2v) is 7.74. The van der Waals surface area contributed by atoms with Gasteiger partial charge in [0.1, 0.15) is 16.3 Å². The summed E-state index contributed by atoms with van der Waals surface area (Å²) >= 11 is 1.39. The molecule has 0 N–H and O–H groups in total. The van der Waals surface area contributed by atoms with E-state index in [0.29, 0.717) is 21.9 Å². The highest BCUT2D eigenvalue weighted by Gasteiger charge is 2.14. The van der Waals surface area contributed by atoms with Crippen LogP contribution in [-0.2, 0) is 9.53 Å². The SMILES string of the molecule is CC(C)OC(=O)COc1ccc2cc(-c3nc(-c4ccccc4)cs3)c(=O)oc2c1. The van der Waals surface area contributed by atoms with Crippen molar-refractivity contribution in [1.29, 1.82) is 0 Å². The fourth-order valence-electron chi connectivity index (χ4n) is 2.91. The van der Waals surface area contributed by atoms with E-state index in [2.05, 4.69) is 4.98 Å². The van der Waals surface area contributed by atoms with E-state index in [1.54, 1.807) is 38.1 Å². The van der Waals surface area contributed by atoms with Gasteiger partial charge in [0.15, 0.2) is 6.61 Å². The summed E-state index contributed by atoms with van der Waals surface area (Å²) in [6.07, 6.45) is -0.206. The third-order valence-electron chi connectivity index (χ3n) is 4.24. The molecule has 6 nitrogen and oxygen atoms in total. The van der Waals surface area contributed by atoms with Crippen molar-refractivity contribution in [2.75, 3.05) is 6.61 Å². The van der Waals surface area contributed by atoms with Crippen LogP contribution in [0.15, 0.2) is 69.2 Å². The van der Waals surface area contributed by atoms with Crippen LogP contribution in [0.3, 0.4) is 0 Å². The van der Waals surface area contributed by atoms with Crippen molar-refractivity contribution >= 4 is 28.3 Å². The van der Waals surface area contributed by atoms with E-state index in [4.69, 9.17) is 13.9 Å². The maximum atomic E-state index is 12.6. The molecule has 2 aromatic carbocycles. The molecule has 0 saturated heterocycles. The minimum Gasteiger partial charge on any atom is -0.482 e. The van der Waals surface area contributed by atoms with E-state index < -0.39 is 11.6 Å². The number of carbonyl (C=O) groups excluding carboxylic acids is 1. The second-order valence-electron chi connectivity index (χ2n) is 6.88. The van der Waals surface area contributed by atoms with Gasteiger partial charge in [-0.3, -0.25) is 0 Å². The molecule has 0 aliphatic rings. The van der Waals surface area contributed by atoms with Crippen molar-refractivity contribution in [2.24, 2.45) is 0 Å². The Balaban J connectivity index is 1.58. The van der Waals surface area contributed by atoms with Crippen LogP contribution in [0.5, 0.6) is 5.75 Å². The van der Waals surface area contributed by atoms with Gasteiger partial charge in [0.2, 0.25) is 0 Å². The van der Waals surface area contributed by atoms with E-state index in [9.17, 15) is 9.59 Å². The van der Waals surface area contributed by atoms with Gasteiger partial charge in [-0.25, -0.2) is 14.6 Å². The monoisotopic (exact) mass is 421 g/mol. The zero-order valence-corrected chi connectivity index (χ0v) is 17.3. The summed E-state index contributed by atoms with van der Waals surface area (Å²) in [5.74, 6) is -0.0420. The van der Waals surface area contributed by atoms with Gasteiger partial charge in [-0.1, -0.05) is 30.3 Å². The molecule has 0 saturated carbocycles. The lowest BCUT2D eigenvalue weighted by Crippen LogP contribution is -2.18. The fraction of sp³-hybridized carbons (Fsp3) is 0.174. The number of carbonyl (C=O) groups is 1. The van der Waals surface area contributed by atoms with E-state index in [1.165, 1.54) is 11.3 Å². The summed E-state index contributed by atoms with van der Waals surface area (Å²) in [4.78, 5) is 28.8. The number of hydrogen-bond donors (Lipinski definition) is 0. The molecule has 4 rings (SSSR count). The normalized spacial score (nSPS) is 11.0. The Labute approximate surface area is 176 Å². The van der Waals surface area contributed by atoms with Crippen molar-refractivity contribution in [3.05, 3.63) is 70.4 Å². The van der Waals surface area contributed by atoms with Crippen molar-refractivity contribution in [3.8, 4) is 27.6 Å². The third-order valence-corrected chi connectivity index (χ3v) is 5.11. The van der Waals surface area contributed by atoms with Crippen LogP contribution < -0.4 is 10.4 Å². The van der Waals surface area contributed by atoms with Crippen LogP contribution in [0.1, 0.15) is 13.8 Å². The number of ether oxygens (including phenoxy) is 2. The molecule has 2 aromatic heterocycles. The number of benzene rings is 2. The topological polar surface area (TPSA) is 78.6 Å². The molecule has 2 heterocycles. The first-order valence-corrected chi connectivity index (χ1v) is 10.3. The Morgan fingerprint density at radius 1 is 1.13 bits per heavy atom. The molecule has 0 aliphatic carbocycles. The zero-order valence-electron chi connectivity index (χ0n) is 16.5. The average molecular weight is 421 g/mol. The average Bonchev–Trinajstić information content (AvgIpc) is 3.22. The quantitative estimate of drug-likeness (QED) is 0.325. The highest BCUT2D eigenvalue weighted by Crippen LogP contribution is 2.29. The number of fused-ring (bicyclic) bond motifs is 1. The van der Waals surface area contributed by atoms with E-state index in [0.717, 1.165) is 16.6 Å². The Morgan fingerprint density at radius 2 is 1.93 bits per heavy atom. The zero-order chi connectivity index (χ0) is 21.1. The number of aromatic nitrogens is 1. The second kappa shape index (κ2) is 8.51. The number of thiazole rings is 1. The summed E-state index contributed by atoms with van der Waals surface area (Å²) in [6, 6.07) is 16.6. The van der Waals surface area contributed by atoms with Crippen molar-refractivity contribution in [3.63, 3.8) is 0 Å². The number of esters is 1. The third kappa shape index (κ3) is 4.41. The molecular formula is C23H19NO5S. The first-order valence-electron chi connectivity index (χ1n) is 9.41. The molecule has 4 aromatic rings. The van der Waals surface area contributed by atoms with E-state index >= 15 is 0 Å².